The first-order chi connectivity index (χ1) is 8.25. The fraction of sp³-hybridized carbons (Fsp3) is 0.846. The van der Waals surface area contributed by atoms with Crippen LogP contribution in [0.15, 0.2) is 0 Å². The third-order valence-corrected chi connectivity index (χ3v) is 3.41. The van der Waals surface area contributed by atoms with E-state index in [1.165, 1.54) is 25.7 Å². The molecule has 1 aromatic heterocycles. The molecule has 17 heavy (non-hydrogen) atoms. The van der Waals surface area contributed by atoms with Gasteiger partial charge in [-0.25, -0.2) is 4.98 Å². The first-order valence-corrected chi connectivity index (χ1v) is 6.90. The van der Waals surface area contributed by atoms with Gasteiger partial charge in [0, 0.05) is 18.4 Å². The quantitative estimate of drug-likeness (QED) is 0.746. The van der Waals surface area contributed by atoms with E-state index >= 15 is 0 Å². The molecule has 1 heterocycles. The summed E-state index contributed by atoms with van der Waals surface area (Å²) in [5.74, 6) is 2.72. The van der Waals surface area contributed by atoms with Crippen molar-refractivity contribution in [2.75, 3.05) is 6.54 Å². The lowest BCUT2D eigenvalue weighted by Gasteiger charge is -2.06. The van der Waals surface area contributed by atoms with Crippen LogP contribution in [-0.4, -0.2) is 27.8 Å². The van der Waals surface area contributed by atoms with Crippen molar-refractivity contribution in [3.05, 3.63) is 11.6 Å². The molecule has 0 saturated heterocycles. The number of hydrogen-bond donors (Lipinski definition) is 2. The number of aromatic amines is 1. The van der Waals surface area contributed by atoms with E-state index in [1.54, 1.807) is 0 Å². The van der Waals surface area contributed by atoms with Gasteiger partial charge in [0.25, 0.3) is 0 Å². The summed E-state index contributed by atoms with van der Waals surface area (Å²) in [6.45, 7) is 5.40. The van der Waals surface area contributed by atoms with Crippen LogP contribution in [0, 0.1) is 0 Å². The van der Waals surface area contributed by atoms with Gasteiger partial charge in [-0.3, -0.25) is 5.10 Å². The molecule has 1 aromatic rings. The second kappa shape index (κ2) is 6.15. The van der Waals surface area contributed by atoms with E-state index in [9.17, 15) is 0 Å². The molecular weight excluding hydrogens is 212 g/mol. The Bertz CT molecular complexity index is 326. The fourth-order valence-electron chi connectivity index (χ4n) is 2.44. The van der Waals surface area contributed by atoms with Crippen LogP contribution in [-0.2, 0) is 6.42 Å². The first-order valence-electron chi connectivity index (χ1n) is 6.90. The Balaban J connectivity index is 1.74. The molecule has 0 amide bonds. The van der Waals surface area contributed by atoms with Crippen LogP contribution in [0.5, 0.6) is 0 Å². The van der Waals surface area contributed by atoms with Crippen LogP contribution in [0.1, 0.15) is 63.5 Å². The molecule has 96 valence electrons. The minimum absolute atomic E-state index is 0.568. The summed E-state index contributed by atoms with van der Waals surface area (Å²) in [4.78, 5) is 4.61. The Labute approximate surface area is 104 Å². The van der Waals surface area contributed by atoms with Crippen LogP contribution in [0.4, 0.5) is 0 Å². The molecule has 0 spiro atoms. The van der Waals surface area contributed by atoms with Gasteiger partial charge in [0.05, 0.1) is 0 Å². The standard InChI is InChI=1S/C13H24N4/c1-10(2)14-9-5-8-12-15-13(17-16-12)11-6-3-4-7-11/h10-11,14H,3-9H2,1-2H3,(H,15,16,17). The number of nitrogens with one attached hydrogen (secondary N) is 2. The lowest BCUT2D eigenvalue weighted by molar-refractivity contribution is 0.566. The summed E-state index contributed by atoms with van der Waals surface area (Å²) in [7, 11) is 0. The van der Waals surface area contributed by atoms with Gasteiger partial charge in [-0.15, -0.1) is 0 Å². The third kappa shape index (κ3) is 3.80. The summed E-state index contributed by atoms with van der Waals surface area (Å²) in [6.07, 6.45) is 7.34. The summed E-state index contributed by atoms with van der Waals surface area (Å²) in [5, 5.41) is 10.9. The van der Waals surface area contributed by atoms with Crippen molar-refractivity contribution in [2.45, 2.75) is 64.3 Å². The molecule has 4 heteroatoms. The Morgan fingerprint density at radius 2 is 2.12 bits per heavy atom. The molecule has 2 rings (SSSR count). The minimum atomic E-state index is 0.568. The first kappa shape index (κ1) is 12.6. The fourth-order valence-corrected chi connectivity index (χ4v) is 2.44. The lowest BCUT2D eigenvalue weighted by atomic mass is 10.1. The van der Waals surface area contributed by atoms with Crippen LogP contribution < -0.4 is 5.32 Å². The molecule has 0 unspecified atom stereocenters. The van der Waals surface area contributed by atoms with Crippen molar-refractivity contribution >= 4 is 0 Å². The summed E-state index contributed by atoms with van der Waals surface area (Å²) < 4.78 is 0. The molecular formula is C13H24N4. The van der Waals surface area contributed by atoms with E-state index in [4.69, 9.17) is 0 Å². The number of nitrogens with zero attached hydrogens (tertiary/aromatic N) is 2. The highest BCUT2D eigenvalue weighted by molar-refractivity contribution is 5.00. The average Bonchev–Trinajstić information content (AvgIpc) is 2.94. The van der Waals surface area contributed by atoms with Crippen molar-refractivity contribution < 1.29 is 0 Å². The zero-order valence-electron chi connectivity index (χ0n) is 11.0. The topological polar surface area (TPSA) is 53.6 Å². The van der Waals surface area contributed by atoms with Crippen molar-refractivity contribution in [2.24, 2.45) is 0 Å². The van der Waals surface area contributed by atoms with Gasteiger partial charge in [-0.1, -0.05) is 26.7 Å². The summed E-state index contributed by atoms with van der Waals surface area (Å²) >= 11 is 0. The molecule has 0 atom stereocenters. The molecule has 1 fully saturated rings. The molecule has 2 N–H and O–H groups in total. The van der Waals surface area contributed by atoms with Gasteiger partial charge in [0.15, 0.2) is 5.82 Å². The smallest absolute Gasteiger partial charge is 0.153 e. The number of hydrogen-bond acceptors (Lipinski definition) is 3. The van der Waals surface area contributed by atoms with Gasteiger partial charge in [-0.2, -0.15) is 5.10 Å². The molecule has 0 aromatic carbocycles. The Kier molecular flexibility index (Phi) is 4.54. The molecule has 1 saturated carbocycles. The molecule has 0 bridgehead atoms. The number of rotatable bonds is 6. The van der Waals surface area contributed by atoms with Crippen LogP contribution >= 0.6 is 0 Å². The van der Waals surface area contributed by atoms with Gasteiger partial charge in [0.1, 0.15) is 5.82 Å². The van der Waals surface area contributed by atoms with E-state index in [-0.39, 0.29) is 0 Å². The Hall–Kier alpha value is -0.900. The van der Waals surface area contributed by atoms with Crippen molar-refractivity contribution in [1.29, 1.82) is 0 Å². The average molecular weight is 236 g/mol. The Morgan fingerprint density at radius 3 is 2.82 bits per heavy atom. The summed E-state index contributed by atoms with van der Waals surface area (Å²) in [5.41, 5.74) is 0. The van der Waals surface area contributed by atoms with Crippen molar-refractivity contribution in [3.63, 3.8) is 0 Å². The highest BCUT2D eigenvalue weighted by Crippen LogP contribution is 2.31. The molecule has 1 aliphatic rings. The highest BCUT2D eigenvalue weighted by Gasteiger charge is 2.20. The maximum Gasteiger partial charge on any atom is 0.153 e. The van der Waals surface area contributed by atoms with E-state index in [1.807, 2.05) is 0 Å². The lowest BCUT2D eigenvalue weighted by Crippen LogP contribution is -2.24. The zero-order valence-corrected chi connectivity index (χ0v) is 11.0. The normalized spacial score (nSPS) is 17.1. The highest BCUT2D eigenvalue weighted by atomic mass is 15.2. The maximum absolute atomic E-state index is 4.61. The predicted molar refractivity (Wildman–Crippen MR) is 69.1 cm³/mol. The number of H-pyrrole nitrogens is 1. The van der Waals surface area contributed by atoms with E-state index in [0.717, 1.165) is 31.0 Å². The minimum Gasteiger partial charge on any atom is -0.315 e. The number of aryl methyl sites for hydroxylation is 1. The SMILES string of the molecule is CC(C)NCCCc1nc(C2CCCC2)n[nH]1. The Morgan fingerprint density at radius 1 is 1.35 bits per heavy atom. The molecule has 1 aliphatic carbocycles. The van der Waals surface area contributed by atoms with Gasteiger partial charge >= 0.3 is 0 Å². The largest absolute Gasteiger partial charge is 0.315 e. The van der Waals surface area contributed by atoms with E-state index in [2.05, 4.69) is 34.3 Å². The van der Waals surface area contributed by atoms with Crippen molar-refractivity contribution in [1.82, 2.24) is 20.5 Å². The monoisotopic (exact) mass is 236 g/mol. The van der Waals surface area contributed by atoms with Gasteiger partial charge in [-0.05, 0) is 25.8 Å². The van der Waals surface area contributed by atoms with Crippen LogP contribution in [0.2, 0.25) is 0 Å². The van der Waals surface area contributed by atoms with Crippen molar-refractivity contribution in [3.8, 4) is 0 Å². The number of aromatic nitrogens is 3. The molecule has 0 aliphatic heterocycles. The predicted octanol–water partition coefficient (Wildman–Crippen LogP) is 2.39. The van der Waals surface area contributed by atoms with E-state index < -0.39 is 0 Å². The molecule has 4 nitrogen and oxygen atoms in total. The second-order valence-corrected chi connectivity index (χ2v) is 5.33. The zero-order chi connectivity index (χ0) is 12.1. The second-order valence-electron chi connectivity index (χ2n) is 5.33. The molecule has 0 radical (unpaired) electrons. The van der Waals surface area contributed by atoms with Gasteiger partial charge < -0.3 is 5.32 Å². The van der Waals surface area contributed by atoms with Crippen LogP contribution in [0.3, 0.4) is 0 Å². The van der Waals surface area contributed by atoms with E-state index in [0.29, 0.717) is 12.0 Å². The third-order valence-electron chi connectivity index (χ3n) is 3.41. The maximum atomic E-state index is 4.61. The van der Waals surface area contributed by atoms with Crippen LogP contribution in [0.25, 0.3) is 0 Å². The van der Waals surface area contributed by atoms with Gasteiger partial charge in [0.2, 0.25) is 0 Å². The summed E-state index contributed by atoms with van der Waals surface area (Å²) in [6, 6.07) is 0.568.